The maximum Gasteiger partial charge on any atom is 0.223 e. The molecule has 0 radical (unpaired) electrons. The van der Waals surface area contributed by atoms with Gasteiger partial charge in [0.15, 0.2) is 0 Å². The number of fused-ring (bicyclic) bond motifs is 1. The first-order valence-electron chi connectivity index (χ1n) is 7.46. The van der Waals surface area contributed by atoms with Crippen LogP contribution in [0.2, 0.25) is 5.15 Å². The zero-order valence-electron chi connectivity index (χ0n) is 12.0. The normalized spacial score (nSPS) is 21.3. The van der Waals surface area contributed by atoms with Gasteiger partial charge in [-0.25, -0.2) is 9.97 Å². The Kier molecular flexibility index (Phi) is 2.88. The molecule has 5 heteroatoms. The van der Waals surface area contributed by atoms with E-state index in [-0.39, 0.29) is 5.54 Å². The Morgan fingerprint density at radius 3 is 2.62 bits per heavy atom. The summed E-state index contributed by atoms with van der Waals surface area (Å²) in [7, 11) is 0. The number of aromatic nitrogens is 2. The minimum Gasteiger partial charge on any atom is -0.474 e. The molecule has 0 bridgehead atoms. The topological polar surface area (TPSA) is 61.0 Å². The van der Waals surface area contributed by atoms with Gasteiger partial charge in [-0.05, 0) is 55.5 Å². The van der Waals surface area contributed by atoms with Gasteiger partial charge >= 0.3 is 0 Å². The zero-order chi connectivity index (χ0) is 14.6. The summed E-state index contributed by atoms with van der Waals surface area (Å²) < 4.78 is 5.89. The van der Waals surface area contributed by atoms with Crippen LogP contribution in [0.25, 0.3) is 10.8 Å². The van der Waals surface area contributed by atoms with E-state index >= 15 is 0 Å². The number of hydrogen-bond acceptors (Lipinski definition) is 4. The molecule has 0 aromatic carbocycles. The number of hydrogen-bond donors (Lipinski definition) is 1. The molecule has 2 saturated carbocycles. The van der Waals surface area contributed by atoms with Crippen molar-refractivity contribution in [3.63, 3.8) is 0 Å². The molecule has 2 aromatic heterocycles. The van der Waals surface area contributed by atoms with Crippen molar-refractivity contribution in [1.82, 2.24) is 9.97 Å². The molecule has 2 fully saturated rings. The van der Waals surface area contributed by atoms with Crippen molar-refractivity contribution in [2.75, 3.05) is 0 Å². The van der Waals surface area contributed by atoms with Crippen molar-refractivity contribution in [2.24, 2.45) is 11.7 Å². The molecule has 2 N–H and O–H groups in total. The van der Waals surface area contributed by atoms with Crippen molar-refractivity contribution >= 4 is 22.4 Å². The van der Waals surface area contributed by atoms with Crippen molar-refractivity contribution in [3.8, 4) is 5.88 Å². The van der Waals surface area contributed by atoms with Crippen LogP contribution in [-0.2, 0) is 5.54 Å². The third kappa shape index (κ3) is 2.36. The Morgan fingerprint density at radius 1 is 1.19 bits per heavy atom. The first-order chi connectivity index (χ1) is 10.1. The Morgan fingerprint density at radius 2 is 1.95 bits per heavy atom. The number of ether oxygens (including phenoxy) is 1. The molecule has 2 aromatic rings. The summed E-state index contributed by atoms with van der Waals surface area (Å²) in [6, 6.07) is 1.88. The second-order valence-electron chi connectivity index (χ2n) is 6.40. The lowest BCUT2D eigenvalue weighted by Gasteiger charge is -2.26. The first kappa shape index (κ1) is 13.3. The highest BCUT2D eigenvalue weighted by atomic mass is 35.5. The van der Waals surface area contributed by atoms with Crippen molar-refractivity contribution in [1.29, 1.82) is 0 Å². The van der Waals surface area contributed by atoms with Gasteiger partial charge in [-0.3, -0.25) is 0 Å². The van der Waals surface area contributed by atoms with Gasteiger partial charge in [-0.2, -0.15) is 0 Å². The van der Waals surface area contributed by atoms with Crippen LogP contribution in [0.1, 0.15) is 38.2 Å². The smallest absolute Gasteiger partial charge is 0.223 e. The Hall–Kier alpha value is -1.39. The van der Waals surface area contributed by atoms with Crippen molar-refractivity contribution < 1.29 is 4.74 Å². The number of halogens is 1. The van der Waals surface area contributed by atoms with Gasteiger partial charge in [-0.15, -0.1) is 0 Å². The third-order valence-electron chi connectivity index (χ3n) is 4.51. The van der Waals surface area contributed by atoms with E-state index in [2.05, 4.69) is 16.9 Å². The summed E-state index contributed by atoms with van der Waals surface area (Å²) in [4.78, 5) is 8.69. The fourth-order valence-electron chi connectivity index (χ4n) is 2.86. The molecule has 0 aliphatic heterocycles. The third-order valence-corrected chi connectivity index (χ3v) is 4.72. The van der Waals surface area contributed by atoms with Gasteiger partial charge in [0.2, 0.25) is 5.88 Å². The van der Waals surface area contributed by atoms with Crippen LogP contribution in [0, 0.1) is 5.92 Å². The molecule has 1 atom stereocenters. The monoisotopic (exact) mass is 303 g/mol. The van der Waals surface area contributed by atoms with Gasteiger partial charge in [0.25, 0.3) is 0 Å². The SMILES string of the molecule is CC(N)(c1cnc(OC2CC2)c2cnc(Cl)cc12)C1CC1. The number of nitrogens with two attached hydrogens (primary N) is 1. The van der Waals surface area contributed by atoms with Gasteiger partial charge in [0.1, 0.15) is 11.3 Å². The lowest BCUT2D eigenvalue weighted by atomic mass is 9.86. The summed E-state index contributed by atoms with van der Waals surface area (Å²) >= 11 is 6.09. The van der Waals surface area contributed by atoms with Gasteiger partial charge < -0.3 is 10.5 Å². The minimum absolute atomic E-state index is 0.301. The van der Waals surface area contributed by atoms with E-state index in [9.17, 15) is 0 Å². The molecule has 110 valence electrons. The lowest BCUT2D eigenvalue weighted by molar-refractivity contribution is 0.294. The van der Waals surface area contributed by atoms with E-state index in [0.717, 1.165) is 29.2 Å². The van der Waals surface area contributed by atoms with Gasteiger partial charge in [-0.1, -0.05) is 11.6 Å². The van der Waals surface area contributed by atoms with Crippen LogP contribution in [0.5, 0.6) is 5.88 Å². The summed E-state index contributed by atoms with van der Waals surface area (Å²) in [5.41, 5.74) is 7.23. The molecule has 21 heavy (non-hydrogen) atoms. The molecule has 1 unspecified atom stereocenters. The molecule has 4 nitrogen and oxygen atoms in total. The molecule has 0 amide bonds. The van der Waals surface area contributed by atoms with Crippen LogP contribution in [0.3, 0.4) is 0 Å². The molecule has 2 aliphatic rings. The summed E-state index contributed by atoms with van der Waals surface area (Å²) in [5, 5.41) is 2.39. The quantitative estimate of drug-likeness (QED) is 0.879. The average Bonchev–Trinajstić information content (AvgIpc) is 3.31. The van der Waals surface area contributed by atoms with Crippen LogP contribution < -0.4 is 10.5 Å². The van der Waals surface area contributed by atoms with Gasteiger partial charge in [0.05, 0.1) is 5.39 Å². The fraction of sp³-hybridized carbons (Fsp3) is 0.500. The molecule has 0 spiro atoms. The molecular formula is C16H18ClN3O. The second kappa shape index (κ2) is 4.55. The number of rotatable bonds is 4. The van der Waals surface area contributed by atoms with Crippen molar-refractivity contribution in [3.05, 3.63) is 29.2 Å². The van der Waals surface area contributed by atoms with Crippen LogP contribution >= 0.6 is 11.6 Å². The molecule has 0 saturated heterocycles. The highest BCUT2D eigenvalue weighted by Gasteiger charge is 2.41. The Bertz CT molecular complexity index is 708. The largest absolute Gasteiger partial charge is 0.474 e. The number of pyridine rings is 2. The molecule has 2 heterocycles. The second-order valence-corrected chi connectivity index (χ2v) is 6.79. The molecular weight excluding hydrogens is 286 g/mol. The first-order valence-corrected chi connectivity index (χ1v) is 7.84. The molecule has 2 aliphatic carbocycles. The Labute approximate surface area is 128 Å². The highest BCUT2D eigenvalue weighted by molar-refractivity contribution is 6.30. The van der Waals surface area contributed by atoms with Crippen molar-refractivity contribution in [2.45, 2.75) is 44.2 Å². The predicted molar refractivity (Wildman–Crippen MR) is 82.5 cm³/mol. The van der Waals surface area contributed by atoms with E-state index in [0.29, 0.717) is 23.1 Å². The van der Waals surface area contributed by atoms with Crippen LogP contribution in [0.15, 0.2) is 18.5 Å². The highest BCUT2D eigenvalue weighted by Crippen LogP contribution is 2.46. The maximum atomic E-state index is 6.58. The minimum atomic E-state index is -0.381. The van der Waals surface area contributed by atoms with E-state index in [1.807, 2.05) is 12.3 Å². The standard InChI is InChI=1S/C16H18ClN3O/c1-16(18,9-2-3-9)13-8-20-15(21-10-4-5-10)12-7-19-14(17)6-11(12)13/h6-10H,2-5,18H2,1H3. The number of nitrogens with zero attached hydrogens (tertiary/aromatic N) is 2. The van der Waals surface area contributed by atoms with E-state index in [4.69, 9.17) is 22.1 Å². The maximum absolute atomic E-state index is 6.58. The zero-order valence-corrected chi connectivity index (χ0v) is 12.7. The summed E-state index contributed by atoms with van der Waals surface area (Å²) in [6.45, 7) is 2.08. The van der Waals surface area contributed by atoms with E-state index < -0.39 is 0 Å². The van der Waals surface area contributed by atoms with E-state index in [1.165, 1.54) is 12.8 Å². The summed E-state index contributed by atoms with van der Waals surface area (Å²) in [5.74, 6) is 1.16. The Balaban J connectivity index is 1.88. The van der Waals surface area contributed by atoms with Crippen LogP contribution in [0.4, 0.5) is 0 Å². The predicted octanol–water partition coefficient (Wildman–Crippen LogP) is 3.41. The fourth-order valence-corrected chi connectivity index (χ4v) is 3.01. The van der Waals surface area contributed by atoms with E-state index in [1.54, 1.807) is 6.20 Å². The van der Waals surface area contributed by atoms with Gasteiger partial charge in [0, 0.05) is 17.9 Å². The molecule has 4 rings (SSSR count). The lowest BCUT2D eigenvalue weighted by Crippen LogP contribution is -2.35. The summed E-state index contributed by atoms with van der Waals surface area (Å²) in [6.07, 6.45) is 8.45. The average molecular weight is 304 g/mol. The van der Waals surface area contributed by atoms with Crippen LogP contribution in [-0.4, -0.2) is 16.1 Å².